The van der Waals surface area contributed by atoms with Crippen LogP contribution < -0.4 is 4.74 Å². The lowest BCUT2D eigenvalue weighted by atomic mass is 10.2. The van der Waals surface area contributed by atoms with E-state index in [0.717, 1.165) is 18.4 Å². The summed E-state index contributed by atoms with van der Waals surface area (Å²) in [5.74, 6) is 0.567. The minimum absolute atomic E-state index is 0.0127. The molecule has 2 aliphatic heterocycles. The van der Waals surface area contributed by atoms with Crippen molar-refractivity contribution in [1.82, 2.24) is 14.8 Å². The SMILES string of the molecule is Cc1ccc(OC2CCN(C(=O)C3CCCN3C(=O)OC(C)(C)C)C2)nc1. The fourth-order valence-corrected chi connectivity index (χ4v) is 3.49. The van der Waals surface area contributed by atoms with Crippen molar-refractivity contribution >= 4 is 12.0 Å². The highest BCUT2D eigenvalue weighted by Gasteiger charge is 2.40. The third kappa shape index (κ3) is 4.90. The first-order valence-electron chi connectivity index (χ1n) is 9.61. The fraction of sp³-hybridized carbons (Fsp3) is 0.650. The van der Waals surface area contributed by atoms with Gasteiger partial charge < -0.3 is 14.4 Å². The topological polar surface area (TPSA) is 72.0 Å². The van der Waals surface area contributed by atoms with Crippen LogP contribution in [0.2, 0.25) is 0 Å². The average molecular weight is 375 g/mol. The molecular weight excluding hydrogens is 346 g/mol. The molecule has 2 aliphatic rings. The molecule has 7 nitrogen and oxygen atoms in total. The molecular formula is C20H29N3O4. The van der Waals surface area contributed by atoms with Crippen LogP contribution in [-0.2, 0) is 9.53 Å². The summed E-state index contributed by atoms with van der Waals surface area (Å²) in [7, 11) is 0. The van der Waals surface area contributed by atoms with Crippen LogP contribution in [-0.4, -0.2) is 64.2 Å². The number of nitrogens with zero attached hydrogens (tertiary/aromatic N) is 3. The number of carbonyl (C=O) groups excluding carboxylic acids is 2. The number of hydrogen-bond donors (Lipinski definition) is 0. The maximum Gasteiger partial charge on any atom is 0.410 e. The highest BCUT2D eigenvalue weighted by Crippen LogP contribution is 2.25. The Morgan fingerprint density at radius 2 is 1.96 bits per heavy atom. The van der Waals surface area contributed by atoms with Gasteiger partial charge in [-0.15, -0.1) is 0 Å². The van der Waals surface area contributed by atoms with E-state index in [1.807, 2.05) is 39.8 Å². The Kier molecular flexibility index (Phi) is 5.58. The van der Waals surface area contributed by atoms with Crippen LogP contribution >= 0.6 is 0 Å². The third-order valence-corrected chi connectivity index (χ3v) is 4.79. The van der Waals surface area contributed by atoms with Crippen molar-refractivity contribution in [3.63, 3.8) is 0 Å². The Morgan fingerprint density at radius 1 is 1.19 bits per heavy atom. The lowest BCUT2D eigenvalue weighted by Gasteiger charge is -2.30. The van der Waals surface area contributed by atoms with Gasteiger partial charge in [0.2, 0.25) is 11.8 Å². The Hall–Kier alpha value is -2.31. The molecule has 2 amide bonds. The van der Waals surface area contributed by atoms with Gasteiger partial charge in [0.1, 0.15) is 17.7 Å². The zero-order chi connectivity index (χ0) is 19.6. The summed E-state index contributed by atoms with van der Waals surface area (Å²) in [6.45, 7) is 9.19. The maximum atomic E-state index is 13.0. The maximum absolute atomic E-state index is 13.0. The summed E-state index contributed by atoms with van der Waals surface area (Å²) < 4.78 is 11.4. The number of pyridine rings is 1. The van der Waals surface area contributed by atoms with Crippen molar-refractivity contribution in [2.24, 2.45) is 0 Å². The van der Waals surface area contributed by atoms with Crippen LogP contribution in [0, 0.1) is 6.92 Å². The molecule has 2 saturated heterocycles. The molecule has 0 aromatic carbocycles. The monoisotopic (exact) mass is 375 g/mol. The molecule has 2 atom stereocenters. The fourth-order valence-electron chi connectivity index (χ4n) is 3.49. The Labute approximate surface area is 160 Å². The largest absolute Gasteiger partial charge is 0.472 e. The zero-order valence-corrected chi connectivity index (χ0v) is 16.6. The minimum Gasteiger partial charge on any atom is -0.472 e. The van der Waals surface area contributed by atoms with Crippen LogP contribution in [0.15, 0.2) is 18.3 Å². The molecule has 0 aliphatic carbocycles. The molecule has 3 heterocycles. The van der Waals surface area contributed by atoms with Gasteiger partial charge in [-0.05, 0) is 46.1 Å². The Morgan fingerprint density at radius 3 is 2.63 bits per heavy atom. The first kappa shape index (κ1) is 19.5. The van der Waals surface area contributed by atoms with E-state index >= 15 is 0 Å². The molecule has 0 saturated carbocycles. The minimum atomic E-state index is -0.569. The average Bonchev–Trinajstić information content (AvgIpc) is 3.24. The van der Waals surface area contributed by atoms with Crippen molar-refractivity contribution in [2.75, 3.05) is 19.6 Å². The summed E-state index contributed by atoms with van der Waals surface area (Å²) in [6, 6.07) is 3.37. The predicted molar refractivity (Wildman–Crippen MR) is 101 cm³/mol. The molecule has 2 unspecified atom stereocenters. The number of aryl methyl sites for hydroxylation is 1. The molecule has 1 aromatic rings. The summed E-state index contributed by atoms with van der Waals surface area (Å²) >= 11 is 0. The molecule has 3 rings (SSSR count). The summed E-state index contributed by atoms with van der Waals surface area (Å²) in [6.07, 6.45) is 3.55. The second-order valence-corrected chi connectivity index (χ2v) is 8.32. The highest BCUT2D eigenvalue weighted by molar-refractivity contribution is 5.86. The number of ether oxygens (including phenoxy) is 2. The van der Waals surface area contributed by atoms with E-state index in [-0.39, 0.29) is 12.0 Å². The van der Waals surface area contributed by atoms with Gasteiger partial charge >= 0.3 is 6.09 Å². The van der Waals surface area contributed by atoms with Gasteiger partial charge in [-0.3, -0.25) is 9.69 Å². The van der Waals surface area contributed by atoms with Crippen molar-refractivity contribution in [1.29, 1.82) is 0 Å². The normalized spacial score (nSPS) is 22.8. The van der Waals surface area contributed by atoms with Crippen LogP contribution in [0.5, 0.6) is 5.88 Å². The molecule has 0 radical (unpaired) electrons. The van der Waals surface area contributed by atoms with Gasteiger partial charge in [-0.2, -0.15) is 0 Å². The number of hydrogen-bond acceptors (Lipinski definition) is 5. The molecule has 0 bridgehead atoms. The number of amides is 2. The summed E-state index contributed by atoms with van der Waals surface area (Å²) in [5.41, 5.74) is 0.509. The van der Waals surface area contributed by atoms with Crippen LogP contribution in [0.3, 0.4) is 0 Å². The summed E-state index contributed by atoms with van der Waals surface area (Å²) in [5, 5.41) is 0. The quantitative estimate of drug-likeness (QED) is 0.812. The number of rotatable bonds is 3. The van der Waals surface area contributed by atoms with E-state index in [1.165, 1.54) is 0 Å². The second kappa shape index (κ2) is 7.74. The number of carbonyl (C=O) groups is 2. The van der Waals surface area contributed by atoms with Gasteiger partial charge in [0.25, 0.3) is 0 Å². The Balaban J connectivity index is 1.57. The van der Waals surface area contributed by atoms with Crippen molar-refractivity contribution in [3.05, 3.63) is 23.9 Å². The first-order valence-corrected chi connectivity index (χ1v) is 9.61. The van der Waals surface area contributed by atoms with E-state index in [1.54, 1.807) is 16.0 Å². The lowest BCUT2D eigenvalue weighted by molar-refractivity contribution is -0.135. The number of likely N-dealkylation sites (tertiary alicyclic amines) is 2. The zero-order valence-electron chi connectivity index (χ0n) is 16.6. The van der Waals surface area contributed by atoms with Gasteiger partial charge in [0, 0.05) is 31.8 Å². The van der Waals surface area contributed by atoms with Gasteiger partial charge in [0.05, 0.1) is 6.54 Å². The Bertz CT molecular complexity index is 683. The van der Waals surface area contributed by atoms with E-state index in [4.69, 9.17) is 9.47 Å². The molecule has 27 heavy (non-hydrogen) atoms. The molecule has 148 valence electrons. The molecule has 7 heteroatoms. The summed E-state index contributed by atoms with van der Waals surface area (Å²) in [4.78, 5) is 33.0. The van der Waals surface area contributed by atoms with Crippen LogP contribution in [0.1, 0.15) is 45.6 Å². The van der Waals surface area contributed by atoms with Crippen molar-refractivity contribution in [3.8, 4) is 5.88 Å². The van der Waals surface area contributed by atoms with E-state index in [2.05, 4.69) is 4.98 Å². The molecule has 0 spiro atoms. The third-order valence-electron chi connectivity index (χ3n) is 4.79. The standard InChI is InChI=1S/C20H29N3O4/c1-14-7-8-17(21-12-14)26-15-9-11-22(13-15)18(24)16-6-5-10-23(16)19(25)27-20(2,3)4/h7-8,12,15-16H,5-6,9-11,13H2,1-4H3. The number of aromatic nitrogens is 1. The molecule has 2 fully saturated rings. The smallest absolute Gasteiger partial charge is 0.410 e. The second-order valence-electron chi connectivity index (χ2n) is 8.32. The van der Waals surface area contributed by atoms with Crippen molar-refractivity contribution < 1.29 is 19.1 Å². The van der Waals surface area contributed by atoms with Gasteiger partial charge in [-0.25, -0.2) is 9.78 Å². The van der Waals surface area contributed by atoms with E-state index in [9.17, 15) is 9.59 Å². The van der Waals surface area contributed by atoms with Crippen LogP contribution in [0.25, 0.3) is 0 Å². The van der Waals surface area contributed by atoms with Crippen LogP contribution in [0.4, 0.5) is 4.79 Å². The van der Waals surface area contributed by atoms with E-state index < -0.39 is 17.7 Å². The van der Waals surface area contributed by atoms with Gasteiger partial charge in [0.15, 0.2) is 0 Å². The lowest BCUT2D eigenvalue weighted by Crippen LogP contribution is -2.48. The predicted octanol–water partition coefficient (Wildman–Crippen LogP) is 2.77. The molecule has 1 aromatic heterocycles. The van der Waals surface area contributed by atoms with E-state index in [0.29, 0.717) is 31.9 Å². The first-order chi connectivity index (χ1) is 12.7. The molecule has 0 N–H and O–H groups in total. The van der Waals surface area contributed by atoms with Gasteiger partial charge in [-0.1, -0.05) is 6.07 Å². The van der Waals surface area contributed by atoms with Crippen molar-refractivity contribution in [2.45, 2.75) is 64.7 Å². The highest BCUT2D eigenvalue weighted by atomic mass is 16.6.